The van der Waals surface area contributed by atoms with Crippen LogP contribution in [0.4, 0.5) is 8.78 Å². The first-order valence-corrected chi connectivity index (χ1v) is 5.36. The lowest BCUT2D eigenvalue weighted by molar-refractivity contribution is 0.112. The fourth-order valence-electron chi connectivity index (χ4n) is 1.39. The van der Waals surface area contributed by atoms with E-state index in [1.165, 1.54) is 18.2 Å². The summed E-state index contributed by atoms with van der Waals surface area (Å²) in [6.07, 6.45) is 0.539. The molecule has 2 nitrogen and oxygen atoms in total. The third kappa shape index (κ3) is 2.49. The summed E-state index contributed by atoms with van der Waals surface area (Å²) in [7, 11) is 0. The van der Waals surface area contributed by atoms with E-state index in [0.29, 0.717) is 6.29 Å². The Kier molecular flexibility index (Phi) is 3.58. The van der Waals surface area contributed by atoms with Crippen molar-refractivity contribution >= 4 is 17.9 Å². The summed E-state index contributed by atoms with van der Waals surface area (Å²) >= 11 is 5.81. The molecule has 2 aromatic rings. The Morgan fingerprint density at radius 3 is 2.56 bits per heavy atom. The number of hydrogen-bond donors (Lipinski definition) is 0. The van der Waals surface area contributed by atoms with Gasteiger partial charge in [-0.2, -0.15) is 0 Å². The van der Waals surface area contributed by atoms with Crippen LogP contribution in [-0.4, -0.2) is 6.29 Å². The third-order valence-corrected chi connectivity index (χ3v) is 2.58. The van der Waals surface area contributed by atoms with Gasteiger partial charge in [-0.15, -0.1) is 0 Å². The molecule has 0 aliphatic rings. The molecule has 2 rings (SSSR count). The van der Waals surface area contributed by atoms with Gasteiger partial charge in [0.25, 0.3) is 0 Å². The molecule has 0 atom stereocenters. The Bertz CT molecular complexity index is 600. The molecular weight excluding hydrogens is 262 g/mol. The van der Waals surface area contributed by atoms with Gasteiger partial charge in [0.15, 0.2) is 17.9 Å². The second kappa shape index (κ2) is 5.14. The zero-order valence-electron chi connectivity index (χ0n) is 8.99. The molecule has 0 unspecified atom stereocenters. The predicted molar refractivity (Wildman–Crippen MR) is 63.3 cm³/mol. The van der Waals surface area contributed by atoms with Crippen LogP contribution in [0, 0.1) is 11.6 Å². The normalized spacial score (nSPS) is 10.2. The minimum Gasteiger partial charge on any atom is -0.456 e. The standard InChI is InChI=1S/C13H7ClF2O2/c14-10-2-1-3-13(9(10)7-17)18-8-4-5-11(15)12(16)6-8/h1-7H. The Labute approximate surface area is 107 Å². The molecule has 0 aliphatic carbocycles. The van der Waals surface area contributed by atoms with E-state index < -0.39 is 11.6 Å². The van der Waals surface area contributed by atoms with Crippen LogP contribution in [0.15, 0.2) is 36.4 Å². The van der Waals surface area contributed by atoms with Gasteiger partial charge in [-0.3, -0.25) is 4.79 Å². The molecule has 0 radical (unpaired) electrons. The number of aldehydes is 1. The highest BCUT2D eigenvalue weighted by Crippen LogP contribution is 2.29. The van der Waals surface area contributed by atoms with E-state index in [9.17, 15) is 13.6 Å². The first-order valence-electron chi connectivity index (χ1n) is 4.98. The van der Waals surface area contributed by atoms with Crippen LogP contribution >= 0.6 is 11.6 Å². The smallest absolute Gasteiger partial charge is 0.162 e. The van der Waals surface area contributed by atoms with Gasteiger partial charge in [-0.1, -0.05) is 17.7 Å². The summed E-state index contributed by atoms with van der Waals surface area (Å²) in [5.74, 6) is -1.73. The van der Waals surface area contributed by atoms with E-state index in [4.69, 9.17) is 16.3 Å². The minimum atomic E-state index is -1.03. The molecular formula is C13H7ClF2O2. The SMILES string of the molecule is O=Cc1c(Cl)cccc1Oc1ccc(F)c(F)c1. The molecule has 0 fully saturated rings. The van der Waals surface area contributed by atoms with E-state index in [1.807, 2.05) is 0 Å². The van der Waals surface area contributed by atoms with E-state index in [-0.39, 0.29) is 22.1 Å². The third-order valence-electron chi connectivity index (χ3n) is 2.25. The van der Waals surface area contributed by atoms with E-state index >= 15 is 0 Å². The lowest BCUT2D eigenvalue weighted by Gasteiger charge is -2.09. The fourth-order valence-corrected chi connectivity index (χ4v) is 1.60. The molecule has 0 heterocycles. The van der Waals surface area contributed by atoms with Crippen LogP contribution in [0.1, 0.15) is 10.4 Å². The number of benzene rings is 2. The maximum atomic E-state index is 13.0. The monoisotopic (exact) mass is 268 g/mol. The first kappa shape index (κ1) is 12.5. The largest absolute Gasteiger partial charge is 0.456 e. The predicted octanol–water partition coefficient (Wildman–Crippen LogP) is 4.22. The lowest BCUT2D eigenvalue weighted by Crippen LogP contribution is -1.92. The van der Waals surface area contributed by atoms with Crippen molar-refractivity contribution in [3.05, 3.63) is 58.6 Å². The summed E-state index contributed by atoms with van der Waals surface area (Å²) in [4.78, 5) is 10.9. The summed E-state index contributed by atoms with van der Waals surface area (Å²) in [5.41, 5.74) is 0.156. The van der Waals surface area contributed by atoms with Gasteiger partial charge in [0.1, 0.15) is 11.5 Å². The Morgan fingerprint density at radius 2 is 1.89 bits per heavy atom. The second-order valence-electron chi connectivity index (χ2n) is 3.45. The minimum absolute atomic E-state index is 0.0827. The van der Waals surface area contributed by atoms with Crippen LogP contribution in [0.3, 0.4) is 0 Å². The molecule has 92 valence electrons. The zero-order valence-corrected chi connectivity index (χ0v) is 9.75. The maximum absolute atomic E-state index is 13.0. The molecule has 0 N–H and O–H groups in total. The van der Waals surface area contributed by atoms with Crippen LogP contribution < -0.4 is 4.74 Å². The number of halogens is 3. The number of rotatable bonds is 3. The maximum Gasteiger partial charge on any atom is 0.162 e. The number of hydrogen-bond acceptors (Lipinski definition) is 2. The van der Waals surface area contributed by atoms with Gasteiger partial charge in [0.2, 0.25) is 0 Å². The van der Waals surface area contributed by atoms with Crippen LogP contribution in [0.25, 0.3) is 0 Å². The number of ether oxygens (including phenoxy) is 1. The van der Waals surface area contributed by atoms with E-state index in [0.717, 1.165) is 12.1 Å². The Morgan fingerprint density at radius 1 is 1.11 bits per heavy atom. The van der Waals surface area contributed by atoms with Crippen LogP contribution in [0.5, 0.6) is 11.5 Å². The molecule has 0 aliphatic heterocycles. The quantitative estimate of drug-likeness (QED) is 0.779. The van der Waals surface area contributed by atoms with Crippen molar-refractivity contribution in [2.75, 3.05) is 0 Å². The van der Waals surface area contributed by atoms with Gasteiger partial charge in [0.05, 0.1) is 10.6 Å². The highest BCUT2D eigenvalue weighted by atomic mass is 35.5. The average Bonchev–Trinajstić information content (AvgIpc) is 2.34. The van der Waals surface area contributed by atoms with E-state index in [1.54, 1.807) is 6.07 Å². The highest BCUT2D eigenvalue weighted by molar-refractivity contribution is 6.33. The second-order valence-corrected chi connectivity index (χ2v) is 3.85. The Balaban J connectivity index is 2.36. The zero-order chi connectivity index (χ0) is 13.1. The fraction of sp³-hybridized carbons (Fsp3) is 0. The molecule has 0 bridgehead atoms. The molecule has 18 heavy (non-hydrogen) atoms. The summed E-state index contributed by atoms with van der Waals surface area (Å²) in [6, 6.07) is 7.72. The van der Waals surface area contributed by atoms with Crippen molar-refractivity contribution in [3.8, 4) is 11.5 Å². The van der Waals surface area contributed by atoms with Gasteiger partial charge in [0, 0.05) is 6.07 Å². The average molecular weight is 269 g/mol. The molecule has 0 saturated heterocycles. The van der Waals surface area contributed by atoms with Crippen molar-refractivity contribution in [1.29, 1.82) is 0 Å². The molecule has 0 aromatic heterocycles. The topological polar surface area (TPSA) is 26.3 Å². The summed E-state index contributed by atoms with van der Waals surface area (Å²) in [6.45, 7) is 0. The van der Waals surface area contributed by atoms with Crippen LogP contribution in [-0.2, 0) is 0 Å². The molecule has 0 amide bonds. The summed E-state index contributed by atoms with van der Waals surface area (Å²) < 4.78 is 31.0. The van der Waals surface area contributed by atoms with Crippen molar-refractivity contribution in [1.82, 2.24) is 0 Å². The van der Waals surface area contributed by atoms with Crippen LogP contribution in [0.2, 0.25) is 5.02 Å². The lowest BCUT2D eigenvalue weighted by atomic mass is 10.2. The first-order chi connectivity index (χ1) is 8.61. The highest BCUT2D eigenvalue weighted by Gasteiger charge is 2.09. The molecule has 0 saturated carbocycles. The number of carbonyl (C=O) groups is 1. The molecule has 2 aromatic carbocycles. The van der Waals surface area contributed by atoms with Crippen molar-refractivity contribution in [3.63, 3.8) is 0 Å². The van der Waals surface area contributed by atoms with Crippen molar-refractivity contribution in [2.24, 2.45) is 0 Å². The van der Waals surface area contributed by atoms with Crippen molar-refractivity contribution < 1.29 is 18.3 Å². The van der Waals surface area contributed by atoms with Gasteiger partial charge < -0.3 is 4.74 Å². The summed E-state index contributed by atoms with van der Waals surface area (Å²) in [5, 5.41) is 0.227. The van der Waals surface area contributed by atoms with Gasteiger partial charge in [-0.05, 0) is 24.3 Å². The van der Waals surface area contributed by atoms with Gasteiger partial charge >= 0.3 is 0 Å². The van der Waals surface area contributed by atoms with Crippen molar-refractivity contribution in [2.45, 2.75) is 0 Å². The molecule has 5 heteroatoms. The van der Waals surface area contributed by atoms with E-state index in [2.05, 4.69) is 0 Å². The molecule has 0 spiro atoms. The van der Waals surface area contributed by atoms with Gasteiger partial charge in [-0.25, -0.2) is 8.78 Å². The Hall–Kier alpha value is -1.94. The number of carbonyl (C=O) groups excluding carboxylic acids is 1.